The van der Waals surface area contributed by atoms with E-state index < -0.39 is 0 Å². The SMILES string of the molecule is COc1cc(-n2cccc2)c(Cl)cc1C(=O)N(C)Cc1nc2ccccc2[nH]1. The minimum absolute atomic E-state index is 0.196. The zero-order valence-corrected chi connectivity index (χ0v) is 16.3. The first-order valence-corrected chi connectivity index (χ1v) is 9.14. The average molecular weight is 395 g/mol. The van der Waals surface area contributed by atoms with Crippen molar-refractivity contribution >= 4 is 28.5 Å². The number of fused-ring (bicyclic) bond motifs is 1. The summed E-state index contributed by atoms with van der Waals surface area (Å²) in [5.74, 6) is 0.985. The van der Waals surface area contributed by atoms with Crippen molar-refractivity contribution in [2.45, 2.75) is 6.54 Å². The van der Waals surface area contributed by atoms with E-state index in [9.17, 15) is 4.79 Å². The lowest BCUT2D eigenvalue weighted by Gasteiger charge is -2.19. The quantitative estimate of drug-likeness (QED) is 0.549. The molecule has 2 heterocycles. The van der Waals surface area contributed by atoms with Gasteiger partial charge in [0.1, 0.15) is 11.6 Å². The smallest absolute Gasteiger partial charge is 0.257 e. The Kier molecular flexibility index (Phi) is 4.79. The number of imidazole rings is 1. The summed E-state index contributed by atoms with van der Waals surface area (Å²) >= 11 is 6.45. The van der Waals surface area contributed by atoms with Crippen LogP contribution in [0, 0.1) is 0 Å². The summed E-state index contributed by atoms with van der Waals surface area (Å²) in [4.78, 5) is 22.4. The van der Waals surface area contributed by atoms with Crippen molar-refractivity contribution in [2.24, 2.45) is 0 Å². The van der Waals surface area contributed by atoms with E-state index in [1.54, 1.807) is 31.2 Å². The molecule has 2 aromatic heterocycles. The molecule has 0 aliphatic heterocycles. The lowest BCUT2D eigenvalue weighted by molar-refractivity contribution is 0.0778. The molecule has 0 unspecified atom stereocenters. The van der Waals surface area contributed by atoms with Crippen molar-refractivity contribution in [3.05, 3.63) is 77.3 Å². The highest BCUT2D eigenvalue weighted by Gasteiger charge is 2.20. The normalized spacial score (nSPS) is 11.0. The maximum absolute atomic E-state index is 13.0. The number of rotatable bonds is 5. The van der Waals surface area contributed by atoms with Crippen LogP contribution in [-0.4, -0.2) is 39.5 Å². The molecule has 1 N–H and O–H groups in total. The Labute approximate surface area is 167 Å². The van der Waals surface area contributed by atoms with Crippen LogP contribution < -0.4 is 4.74 Å². The van der Waals surface area contributed by atoms with Gasteiger partial charge in [-0.05, 0) is 30.3 Å². The van der Waals surface area contributed by atoms with Crippen molar-refractivity contribution < 1.29 is 9.53 Å². The number of amides is 1. The molecule has 28 heavy (non-hydrogen) atoms. The second kappa shape index (κ2) is 7.40. The number of aromatic amines is 1. The summed E-state index contributed by atoms with van der Waals surface area (Å²) < 4.78 is 7.34. The molecular formula is C21H19ClN4O2. The molecule has 0 bridgehead atoms. The summed E-state index contributed by atoms with van der Waals surface area (Å²) in [7, 11) is 3.27. The van der Waals surface area contributed by atoms with Crippen LogP contribution in [0.3, 0.4) is 0 Å². The number of hydrogen-bond donors (Lipinski definition) is 1. The Balaban J connectivity index is 1.62. The highest BCUT2D eigenvalue weighted by atomic mass is 35.5. The molecule has 4 aromatic rings. The predicted molar refractivity (Wildman–Crippen MR) is 109 cm³/mol. The van der Waals surface area contributed by atoms with E-state index in [0.29, 0.717) is 28.7 Å². The van der Waals surface area contributed by atoms with Crippen LogP contribution in [0.25, 0.3) is 16.7 Å². The van der Waals surface area contributed by atoms with Gasteiger partial charge >= 0.3 is 0 Å². The predicted octanol–water partition coefficient (Wildman–Crippen LogP) is 4.29. The van der Waals surface area contributed by atoms with Crippen molar-refractivity contribution in [3.63, 3.8) is 0 Å². The number of benzene rings is 2. The minimum Gasteiger partial charge on any atom is -0.496 e. The summed E-state index contributed by atoms with van der Waals surface area (Å²) in [5.41, 5.74) is 2.96. The Morgan fingerprint density at radius 1 is 1.21 bits per heavy atom. The van der Waals surface area contributed by atoms with E-state index in [1.165, 1.54) is 0 Å². The van der Waals surface area contributed by atoms with Gasteiger partial charge in [0.2, 0.25) is 0 Å². The number of aromatic nitrogens is 3. The van der Waals surface area contributed by atoms with Crippen LogP contribution in [0.15, 0.2) is 60.9 Å². The summed E-state index contributed by atoms with van der Waals surface area (Å²) in [6, 6.07) is 15.0. The molecule has 7 heteroatoms. The molecule has 0 radical (unpaired) electrons. The van der Waals surface area contributed by atoms with E-state index in [2.05, 4.69) is 9.97 Å². The number of H-pyrrole nitrogens is 1. The van der Waals surface area contributed by atoms with Gasteiger partial charge in [-0.3, -0.25) is 4.79 Å². The molecule has 1 amide bonds. The fraction of sp³-hybridized carbons (Fsp3) is 0.143. The van der Waals surface area contributed by atoms with Gasteiger partial charge in [0.05, 0.1) is 41.0 Å². The largest absolute Gasteiger partial charge is 0.496 e. The lowest BCUT2D eigenvalue weighted by Crippen LogP contribution is -2.27. The standard InChI is InChI=1S/C21H19ClN4O2/c1-25(13-20-23-16-7-3-4-8-17(16)24-20)21(27)14-11-15(22)18(12-19(14)28-2)26-9-5-6-10-26/h3-12H,13H2,1-2H3,(H,23,24). The number of methoxy groups -OCH3 is 1. The van der Waals surface area contributed by atoms with Crippen LogP contribution in [0.2, 0.25) is 5.02 Å². The molecule has 0 saturated heterocycles. The molecular weight excluding hydrogens is 376 g/mol. The molecule has 4 rings (SSSR count). The van der Waals surface area contributed by atoms with Gasteiger partial charge in [-0.15, -0.1) is 0 Å². The van der Waals surface area contributed by atoms with Crippen LogP contribution in [0.5, 0.6) is 5.75 Å². The number of carbonyl (C=O) groups is 1. The summed E-state index contributed by atoms with van der Waals surface area (Å²) in [6.45, 7) is 0.341. The number of ether oxygens (including phenoxy) is 1. The van der Waals surface area contributed by atoms with Crippen molar-refractivity contribution in [2.75, 3.05) is 14.2 Å². The summed E-state index contributed by atoms with van der Waals surface area (Å²) in [5, 5.41) is 0.470. The van der Waals surface area contributed by atoms with Gasteiger partial charge in [-0.25, -0.2) is 4.98 Å². The van der Waals surface area contributed by atoms with Crippen molar-refractivity contribution in [3.8, 4) is 11.4 Å². The molecule has 6 nitrogen and oxygen atoms in total. The van der Waals surface area contributed by atoms with Gasteiger partial charge in [0.25, 0.3) is 5.91 Å². The molecule has 0 spiro atoms. The molecule has 0 aliphatic rings. The van der Waals surface area contributed by atoms with Gasteiger partial charge in [0.15, 0.2) is 0 Å². The van der Waals surface area contributed by atoms with E-state index in [-0.39, 0.29) is 5.91 Å². The molecule has 0 aliphatic carbocycles. The number of para-hydroxylation sites is 2. The van der Waals surface area contributed by atoms with E-state index in [1.807, 2.05) is 53.4 Å². The summed E-state index contributed by atoms with van der Waals surface area (Å²) in [6.07, 6.45) is 3.77. The fourth-order valence-corrected chi connectivity index (χ4v) is 3.42. The van der Waals surface area contributed by atoms with Gasteiger partial charge < -0.3 is 19.2 Å². The maximum atomic E-state index is 13.0. The second-order valence-electron chi connectivity index (χ2n) is 6.46. The Morgan fingerprint density at radius 2 is 1.96 bits per heavy atom. The number of nitrogens with one attached hydrogen (secondary N) is 1. The van der Waals surface area contributed by atoms with E-state index in [0.717, 1.165) is 16.7 Å². The second-order valence-corrected chi connectivity index (χ2v) is 6.86. The Morgan fingerprint density at radius 3 is 2.68 bits per heavy atom. The average Bonchev–Trinajstić information content (AvgIpc) is 3.36. The zero-order valence-electron chi connectivity index (χ0n) is 15.5. The lowest BCUT2D eigenvalue weighted by atomic mass is 10.1. The van der Waals surface area contributed by atoms with Crippen LogP contribution in [0.1, 0.15) is 16.2 Å². The maximum Gasteiger partial charge on any atom is 0.257 e. The molecule has 0 fully saturated rings. The fourth-order valence-electron chi connectivity index (χ4n) is 3.15. The molecule has 142 valence electrons. The third kappa shape index (κ3) is 3.34. The van der Waals surface area contributed by atoms with Gasteiger partial charge in [-0.2, -0.15) is 0 Å². The monoisotopic (exact) mass is 394 g/mol. The first-order valence-electron chi connectivity index (χ1n) is 8.77. The third-order valence-corrected chi connectivity index (χ3v) is 4.86. The minimum atomic E-state index is -0.196. The van der Waals surface area contributed by atoms with Crippen LogP contribution >= 0.6 is 11.6 Å². The van der Waals surface area contributed by atoms with Crippen LogP contribution in [0.4, 0.5) is 0 Å². The number of nitrogens with zero attached hydrogens (tertiary/aromatic N) is 3. The highest BCUT2D eigenvalue weighted by Crippen LogP contribution is 2.31. The molecule has 2 aromatic carbocycles. The van der Waals surface area contributed by atoms with Crippen molar-refractivity contribution in [1.82, 2.24) is 19.4 Å². The third-order valence-electron chi connectivity index (χ3n) is 4.55. The Bertz CT molecular complexity index is 1100. The number of halogens is 1. The topological polar surface area (TPSA) is 63.1 Å². The zero-order chi connectivity index (χ0) is 19.7. The van der Waals surface area contributed by atoms with Gasteiger partial charge in [-0.1, -0.05) is 23.7 Å². The van der Waals surface area contributed by atoms with Crippen LogP contribution in [-0.2, 0) is 6.54 Å². The molecule has 0 saturated carbocycles. The van der Waals surface area contributed by atoms with E-state index in [4.69, 9.17) is 16.3 Å². The first-order chi connectivity index (χ1) is 13.6. The van der Waals surface area contributed by atoms with Gasteiger partial charge in [0, 0.05) is 25.5 Å². The highest BCUT2D eigenvalue weighted by molar-refractivity contribution is 6.33. The van der Waals surface area contributed by atoms with Crippen molar-refractivity contribution in [1.29, 1.82) is 0 Å². The number of carbonyl (C=O) groups excluding carboxylic acids is 1. The number of hydrogen-bond acceptors (Lipinski definition) is 3. The molecule has 0 atom stereocenters. The van der Waals surface area contributed by atoms with E-state index >= 15 is 0 Å². The Hall–Kier alpha value is -3.25. The first kappa shape index (κ1) is 18.1.